The third-order valence-electron chi connectivity index (χ3n) is 3.44. The van der Waals surface area contributed by atoms with Crippen molar-refractivity contribution in [1.29, 1.82) is 0 Å². The molecule has 0 aliphatic heterocycles. The zero-order chi connectivity index (χ0) is 13.9. The summed E-state index contributed by atoms with van der Waals surface area (Å²) in [5.41, 5.74) is 4.28. The highest BCUT2D eigenvalue weighted by Crippen LogP contribution is 2.24. The predicted molar refractivity (Wildman–Crippen MR) is 81.3 cm³/mol. The van der Waals surface area contributed by atoms with E-state index in [1.165, 1.54) is 0 Å². The largest absolute Gasteiger partial charge is 0.496 e. The van der Waals surface area contributed by atoms with E-state index >= 15 is 0 Å². The van der Waals surface area contributed by atoms with Crippen molar-refractivity contribution in [3.63, 3.8) is 0 Å². The lowest BCUT2D eigenvalue weighted by Crippen LogP contribution is -1.99. The van der Waals surface area contributed by atoms with Crippen LogP contribution in [-0.2, 0) is 6.54 Å². The molecule has 3 rings (SSSR count). The van der Waals surface area contributed by atoms with Gasteiger partial charge >= 0.3 is 0 Å². The predicted octanol–water partition coefficient (Wildman–Crippen LogP) is 4.36. The van der Waals surface area contributed by atoms with Crippen LogP contribution >= 0.6 is 0 Å². The fourth-order valence-electron chi connectivity index (χ4n) is 2.36. The molecule has 0 fully saturated rings. The van der Waals surface area contributed by atoms with Gasteiger partial charge in [-0.05, 0) is 36.8 Å². The standard InChI is InChI=1S/C17H17NO2/c1-12-9-14(7-8-16(12)19-2)18-10-13-11-20-17-6-4-3-5-15(13)17/h3-9,11,18H,10H2,1-2H3. The minimum absolute atomic E-state index is 0.739. The number of methoxy groups -OCH3 is 1. The van der Waals surface area contributed by atoms with Crippen molar-refractivity contribution in [1.82, 2.24) is 0 Å². The summed E-state index contributed by atoms with van der Waals surface area (Å²) in [6.45, 7) is 2.78. The van der Waals surface area contributed by atoms with Crippen molar-refractivity contribution in [2.24, 2.45) is 0 Å². The molecule has 20 heavy (non-hydrogen) atoms. The third-order valence-corrected chi connectivity index (χ3v) is 3.44. The molecule has 0 spiro atoms. The van der Waals surface area contributed by atoms with Crippen LogP contribution in [-0.4, -0.2) is 7.11 Å². The van der Waals surface area contributed by atoms with Crippen LogP contribution in [0, 0.1) is 6.92 Å². The molecule has 0 radical (unpaired) electrons. The lowest BCUT2D eigenvalue weighted by molar-refractivity contribution is 0.412. The van der Waals surface area contributed by atoms with Gasteiger partial charge in [0.15, 0.2) is 0 Å². The van der Waals surface area contributed by atoms with Crippen LogP contribution < -0.4 is 10.1 Å². The molecule has 3 aromatic rings. The zero-order valence-electron chi connectivity index (χ0n) is 11.6. The van der Waals surface area contributed by atoms with Crippen LogP contribution in [0.2, 0.25) is 0 Å². The fraction of sp³-hybridized carbons (Fsp3) is 0.176. The number of hydrogen-bond donors (Lipinski definition) is 1. The van der Waals surface area contributed by atoms with Crippen molar-refractivity contribution >= 4 is 16.7 Å². The summed E-state index contributed by atoms with van der Waals surface area (Å²) in [5.74, 6) is 0.907. The molecule has 1 heterocycles. The van der Waals surface area contributed by atoms with Gasteiger partial charge in [-0.25, -0.2) is 0 Å². The van der Waals surface area contributed by atoms with E-state index in [1.54, 1.807) is 7.11 Å². The molecule has 1 N–H and O–H groups in total. The highest BCUT2D eigenvalue weighted by atomic mass is 16.5. The van der Waals surface area contributed by atoms with Crippen LogP contribution in [0.25, 0.3) is 11.0 Å². The summed E-state index contributed by atoms with van der Waals surface area (Å²) in [5, 5.41) is 4.57. The topological polar surface area (TPSA) is 34.4 Å². The van der Waals surface area contributed by atoms with E-state index in [2.05, 4.69) is 17.4 Å². The first-order valence-electron chi connectivity index (χ1n) is 6.61. The first kappa shape index (κ1) is 12.6. The number of furan rings is 1. The molecule has 102 valence electrons. The SMILES string of the molecule is COc1ccc(NCc2coc3ccccc23)cc1C. The first-order chi connectivity index (χ1) is 9.78. The third kappa shape index (κ3) is 2.35. The fourth-order valence-corrected chi connectivity index (χ4v) is 2.36. The average molecular weight is 267 g/mol. The minimum atomic E-state index is 0.739. The Labute approximate surface area is 118 Å². The Morgan fingerprint density at radius 3 is 2.80 bits per heavy atom. The van der Waals surface area contributed by atoms with Gasteiger partial charge in [-0.2, -0.15) is 0 Å². The van der Waals surface area contributed by atoms with Crippen LogP contribution in [0.5, 0.6) is 5.75 Å². The second-order valence-electron chi connectivity index (χ2n) is 4.80. The van der Waals surface area contributed by atoms with Gasteiger partial charge in [0.2, 0.25) is 0 Å². The lowest BCUT2D eigenvalue weighted by atomic mass is 10.1. The maximum absolute atomic E-state index is 5.54. The molecule has 3 heteroatoms. The monoisotopic (exact) mass is 267 g/mol. The number of aryl methyl sites for hydroxylation is 1. The van der Waals surface area contributed by atoms with E-state index in [0.29, 0.717) is 0 Å². The zero-order valence-corrected chi connectivity index (χ0v) is 11.6. The lowest BCUT2D eigenvalue weighted by Gasteiger charge is -2.09. The van der Waals surface area contributed by atoms with E-state index in [4.69, 9.17) is 9.15 Å². The molecular weight excluding hydrogens is 250 g/mol. The molecule has 0 bridgehead atoms. The molecule has 0 atom stereocenters. The molecule has 0 amide bonds. The maximum Gasteiger partial charge on any atom is 0.134 e. The van der Waals surface area contributed by atoms with Crippen molar-refractivity contribution < 1.29 is 9.15 Å². The summed E-state index contributed by atoms with van der Waals surface area (Å²) in [7, 11) is 1.69. The van der Waals surface area contributed by atoms with Crippen LogP contribution in [0.4, 0.5) is 5.69 Å². The molecule has 0 aliphatic carbocycles. The van der Waals surface area contributed by atoms with Gasteiger partial charge in [-0.3, -0.25) is 0 Å². The van der Waals surface area contributed by atoms with E-state index < -0.39 is 0 Å². The highest BCUT2D eigenvalue weighted by molar-refractivity contribution is 5.81. The Kier molecular flexibility index (Phi) is 3.33. The van der Waals surface area contributed by atoms with Crippen LogP contribution in [0.3, 0.4) is 0 Å². The Bertz CT molecular complexity index is 731. The number of ether oxygens (including phenoxy) is 1. The quantitative estimate of drug-likeness (QED) is 0.762. The average Bonchev–Trinajstić information content (AvgIpc) is 2.88. The van der Waals surface area contributed by atoms with Gasteiger partial charge in [0.25, 0.3) is 0 Å². The normalized spacial score (nSPS) is 10.7. The molecule has 0 saturated carbocycles. The summed E-state index contributed by atoms with van der Waals surface area (Å²) >= 11 is 0. The van der Waals surface area contributed by atoms with Crippen molar-refractivity contribution in [3.05, 3.63) is 59.9 Å². The Morgan fingerprint density at radius 2 is 2.00 bits per heavy atom. The number of rotatable bonds is 4. The summed E-state index contributed by atoms with van der Waals surface area (Å²) in [4.78, 5) is 0. The van der Waals surface area contributed by atoms with Crippen molar-refractivity contribution in [3.8, 4) is 5.75 Å². The van der Waals surface area contributed by atoms with Gasteiger partial charge in [0, 0.05) is 23.2 Å². The second kappa shape index (κ2) is 5.29. The van der Waals surface area contributed by atoms with Gasteiger partial charge in [-0.1, -0.05) is 18.2 Å². The van der Waals surface area contributed by atoms with E-state index in [1.807, 2.05) is 43.5 Å². The Hall–Kier alpha value is -2.42. The molecule has 0 unspecified atom stereocenters. The van der Waals surface area contributed by atoms with Crippen LogP contribution in [0.15, 0.2) is 53.1 Å². The highest BCUT2D eigenvalue weighted by Gasteiger charge is 2.05. The van der Waals surface area contributed by atoms with Gasteiger partial charge in [0.1, 0.15) is 11.3 Å². The van der Waals surface area contributed by atoms with Crippen LogP contribution in [0.1, 0.15) is 11.1 Å². The smallest absolute Gasteiger partial charge is 0.134 e. The van der Waals surface area contributed by atoms with Crippen molar-refractivity contribution in [2.45, 2.75) is 13.5 Å². The molecule has 0 aliphatic rings. The summed E-state index contributed by atoms with van der Waals surface area (Å²) in [6.07, 6.45) is 1.81. The molecule has 0 saturated heterocycles. The Morgan fingerprint density at radius 1 is 1.15 bits per heavy atom. The van der Waals surface area contributed by atoms with E-state index in [9.17, 15) is 0 Å². The maximum atomic E-state index is 5.54. The number of nitrogens with one attached hydrogen (secondary N) is 1. The van der Waals surface area contributed by atoms with Crippen molar-refractivity contribution in [2.75, 3.05) is 12.4 Å². The summed E-state index contributed by atoms with van der Waals surface area (Å²) < 4.78 is 10.8. The number of hydrogen-bond acceptors (Lipinski definition) is 3. The molecule has 1 aromatic heterocycles. The number of fused-ring (bicyclic) bond motifs is 1. The Balaban J connectivity index is 1.78. The second-order valence-corrected chi connectivity index (χ2v) is 4.80. The number of benzene rings is 2. The summed E-state index contributed by atoms with van der Waals surface area (Å²) in [6, 6.07) is 14.2. The molecule has 3 nitrogen and oxygen atoms in total. The first-order valence-corrected chi connectivity index (χ1v) is 6.61. The molecular formula is C17H17NO2. The van der Waals surface area contributed by atoms with E-state index in [-0.39, 0.29) is 0 Å². The molecule has 2 aromatic carbocycles. The van der Waals surface area contributed by atoms with Gasteiger partial charge < -0.3 is 14.5 Å². The van der Waals surface area contributed by atoms with Gasteiger partial charge in [-0.15, -0.1) is 0 Å². The number of para-hydroxylation sites is 1. The minimum Gasteiger partial charge on any atom is -0.496 e. The van der Waals surface area contributed by atoms with Gasteiger partial charge in [0.05, 0.1) is 13.4 Å². The number of anilines is 1. The van der Waals surface area contributed by atoms with E-state index in [0.717, 1.165) is 40.1 Å².